The number of anilines is 3. The smallest absolute Gasteiger partial charge is 0.251 e. The molecule has 0 unspecified atom stereocenters. The number of aromatic nitrogens is 3. The van der Waals surface area contributed by atoms with E-state index in [-0.39, 0.29) is 11.7 Å². The van der Waals surface area contributed by atoms with Crippen LogP contribution in [0, 0.1) is 5.82 Å². The van der Waals surface area contributed by atoms with Gasteiger partial charge >= 0.3 is 0 Å². The molecule has 0 spiro atoms. The van der Waals surface area contributed by atoms with E-state index in [2.05, 4.69) is 25.6 Å². The molecule has 0 fully saturated rings. The number of hydrogen-bond donors (Lipinski definition) is 2. The lowest BCUT2D eigenvalue weighted by atomic mass is 9.99. The molecule has 1 aliphatic rings. The fraction of sp³-hybridized carbons (Fsp3) is 0.200. The van der Waals surface area contributed by atoms with Crippen LogP contribution >= 0.6 is 0 Å². The number of hydrogen-bond acceptors (Lipinski definition) is 6. The molecular formula is C20H19FN6O. The first-order chi connectivity index (χ1) is 13.6. The van der Waals surface area contributed by atoms with Gasteiger partial charge in [0, 0.05) is 31.4 Å². The second-order valence-electron chi connectivity index (χ2n) is 6.44. The van der Waals surface area contributed by atoms with Gasteiger partial charge in [0.1, 0.15) is 12.1 Å². The van der Waals surface area contributed by atoms with Gasteiger partial charge in [-0.15, -0.1) is 0 Å². The van der Waals surface area contributed by atoms with Crippen LogP contribution in [0.4, 0.5) is 22.0 Å². The number of halogens is 1. The van der Waals surface area contributed by atoms with Crippen molar-refractivity contribution < 1.29 is 9.18 Å². The van der Waals surface area contributed by atoms with Crippen LogP contribution in [0.15, 0.2) is 48.8 Å². The molecule has 2 N–H and O–H groups in total. The third-order valence-corrected chi connectivity index (χ3v) is 4.66. The molecule has 0 saturated heterocycles. The Morgan fingerprint density at radius 2 is 2.04 bits per heavy atom. The molecule has 28 heavy (non-hydrogen) atoms. The Morgan fingerprint density at radius 3 is 2.89 bits per heavy atom. The molecule has 3 aromatic rings. The summed E-state index contributed by atoms with van der Waals surface area (Å²) in [6, 6.07) is 12.2. The molecule has 142 valence electrons. The Bertz CT molecular complexity index is 1030. The minimum absolute atomic E-state index is 0.161. The number of carbonyl (C=O) groups excluding carboxylic acids is 1. The standard InChI is InChI=1S/C20H19FN6O/c1-22-18(28)13-4-2-6-15(10-13)25-19-23-12-24-20(26-19)27-9-8-16-14(11-27)5-3-7-17(16)21/h2-7,10,12H,8-9,11H2,1H3,(H,22,28)(H,23,24,25,26). The SMILES string of the molecule is CNC(=O)c1cccc(Nc2ncnc(N3CCc4c(F)cccc4C3)n2)c1. The van der Waals surface area contributed by atoms with E-state index in [1.165, 1.54) is 12.4 Å². The zero-order valence-electron chi connectivity index (χ0n) is 15.3. The monoisotopic (exact) mass is 378 g/mol. The topological polar surface area (TPSA) is 83.0 Å². The quantitative estimate of drug-likeness (QED) is 0.726. The Hall–Kier alpha value is -3.55. The maximum atomic E-state index is 13.9. The summed E-state index contributed by atoms with van der Waals surface area (Å²) in [4.78, 5) is 26.7. The Labute approximate surface area is 161 Å². The highest BCUT2D eigenvalue weighted by Gasteiger charge is 2.21. The fourth-order valence-corrected chi connectivity index (χ4v) is 3.25. The van der Waals surface area contributed by atoms with Crippen LogP contribution in [-0.2, 0) is 13.0 Å². The average molecular weight is 378 g/mol. The minimum atomic E-state index is -0.167. The molecule has 1 aliphatic heterocycles. The summed E-state index contributed by atoms with van der Waals surface area (Å²) in [5.41, 5.74) is 2.94. The van der Waals surface area contributed by atoms with Crippen molar-refractivity contribution in [2.75, 3.05) is 23.8 Å². The summed E-state index contributed by atoms with van der Waals surface area (Å²) < 4.78 is 13.9. The molecule has 0 atom stereocenters. The van der Waals surface area contributed by atoms with Gasteiger partial charge in [0.15, 0.2) is 0 Å². The van der Waals surface area contributed by atoms with Gasteiger partial charge in [-0.25, -0.2) is 14.4 Å². The summed E-state index contributed by atoms with van der Waals surface area (Å²) in [6.45, 7) is 1.17. The number of carbonyl (C=O) groups is 1. The van der Waals surface area contributed by atoms with Crippen molar-refractivity contribution in [3.8, 4) is 0 Å². The van der Waals surface area contributed by atoms with Crippen molar-refractivity contribution in [2.45, 2.75) is 13.0 Å². The van der Waals surface area contributed by atoms with Gasteiger partial charge in [-0.1, -0.05) is 18.2 Å². The van der Waals surface area contributed by atoms with Crippen LogP contribution in [0.3, 0.4) is 0 Å². The zero-order valence-corrected chi connectivity index (χ0v) is 15.3. The molecule has 0 radical (unpaired) electrons. The number of rotatable bonds is 4. The molecule has 0 saturated carbocycles. The van der Waals surface area contributed by atoms with Crippen LogP contribution in [0.25, 0.3) is 0 Å². The first kappa shape index (κ1) is 17.8. The molecular weight excluding hydrogens is 359 g/mol. The van der Waals surface area contributed by atoms with E-state index < -0.39 is 0 Å². The molecule has 7 nitrogen and oxygen atoms in total. The van der Waals surface area contributed by atoms with Crippen molar-refractivity contribution in [1.29, 1.82) is 0 Å². The summed E-state index contributed by atoms with van der Waals surface area (Å²) in [7, 11) is 1.59. The predicted molar refractivity (Wildman–Crippen MR) is 104 cm³/mol. The third kappa shape index (κ3) is 3.62. The molecule has 2 aromatic carbocycles. The van der Waals surface area contributed by atoms with E-state index in [9.17, 15) is 9.18 Å². The second-order valence-corrected chi connectivity index (χ2v) is 6.44. The summed E-state index contributed by atoms with van der Waals surface area (Å²) in [5.74, 6) is 0.573. The lowest BCUT2D eigenvalue weighted by Crippen LogP contribution is -2.32. The van der Waals surface area contributed by atoms with Crippen molar-refractivity contribution in [3.05, 3.63) is 71.3 Å². The van der Waals surface area contributed by atoms with Crippen molar-refractivity contribution in [1.82, 2.24) is 20.3 Å². The van der Waals surface area contributed by atoms with Crippen LogP contribution in [0.2, 0.25) is 0 Å². The van der Waals surface area contributed by atoms with Gasteiger partial charge in [-0.2, -0.15) is 4.98 Å². The van der Waals surface area contributed by atoms with E-state index in [0.29, 0.717) is 42.7 Å². The summed E-state index contributed by atoms with van der Waals surface area (Å²) >= 11 is 0. The minimum Gasteiger partial charge on any atom is -0.355 e. The summed E-state index contributed by atoms with van der Waals surface area (Å²) in [6.07, 6.45) is 2.04. The average Bonchev–Trinajstić information content (AvgIpc) is 2.73. The van der Waals surface area contributed by atoms with Crippen LogP contribution in [0.5, 0.6) is 0 Å². The maximum Gasteiger partial charge on any atom is 0.251 e. The lowest BCUT2D eigenvalue weighted by Gasteiger charge is -2.29. The molecule has 0 aliphatic carbocycles. The first-order valence-electron chi connectivity index (χ1n) is 8.93. The molecule has 0 bridgehead atoms. The van der Waals surface area contributed by atoms with E-state index in [4.69, 9.17) is 0 Å². The predicted octanol–water partition coefficient (Wildman–Crippen LogP) is 2.68. The Kier molecular flexibility index (Phi) is 4.84. The largest absolute Gasteiger partial charge is 0.355 e. The number of benzene rings is 2. The van der Waals surface area contributed by atoms with Gasteiger partial charge < -0.3 is 15.5 Å². The highest BCUT2D eigenvalue weighted by atomic mass is 19.1. The van der Waals surface area contributed by atoms with E-state index in [1.807, 2.05) is 17.0 Å². The highest BCUT2D eigenvalue weighted by molar-refractivity contribution is 5.95. The normalized spacial score (nSPS) is 13.0. The fourth-order valence-electron chi connectivity index (χ4n) is 3.25. The van der Waals surface area contributed by atoms with Crippen molar-refractivity contribution >= 4 is 23.5 Å². The van der Waals surface area contributed by atoms with E-state index >= 15 is 0 Å². The highest BCUT2D eigenvalue weighted by Crippen LogP contribution is 2.24. The van der Waals surface area contributed by atoms with Crippen LogP contribution < -0.4 is 15.5 Å². The van der Waals surface area contributed by atoms with E-state index in [1.54, 1.807) is 31.3 Å². The van der Waals surface area contributed by atoms with Gasteiger partial charge in [0.2, 0.25) is 11.9 Å². The van der Waals surface area contributed by atoms with Crippen LogP contribution in [-0.4, -0.2) is 34.5 Å². The number of fused-ring (bicyclic) bond motifs is 1. The van der Waals surface area contributed by atoms with Gasteiger partial charge in [-0.3, -0.25) is 4.79 Å². The number of nitrogens with one attached hydrogen (secondary N) is 2. The molecule has 4 rings (SSSR count). The Morgan fingerprint density at radius 1 is 1.18 bits per heavy atom. The molecule has 1 aromatic heterocycles. The van der Waals surface area contributed by atoms with Crippen LogP contribution in [0.1, 0.15) is 21.5 Å². The molecule has 1 amide bonds. The molecule has 8 heteroatoms. The number of nitrogens with zero attached hydrogens (tertiary/aromatic N) is 4. The van der Waals surface area contributed by atoms with Gasteiger partial charge in [-0.05, 0) is 41.8 Å². The molecule has 2 heterocycles. The zero-order chi connectivity index (χ0) is 19.5. The third-order valence-electron chi connectivity index (χ3n) is 4.66. The number of amides is 1. The summed E-state index contributed by atoms with van der Waals surface area (Å²) in [5, 5.41) is 5.70. The first-order valence-corrected chi connectivity index (χ1v) is 8.93. The van der Waals surface area contributed by atoms with E-state index in [0.717, 1.165) is 11.1 Å². The second kappa shape index (κ2) is 7.59. The van der Waals surface area contributed by atoms with Crippen molar-refractivity contribution in [2.24, 2.45) is 0 Å². The van der Waals surface area contributed by atoms with Gasteiger partial charge in [0.25, 0.3) is 5.91 Å². The van der Waals surface area contributed by atoms with Gasteiger partial charge in [0.05, 0.1) is 0 Å². The lowest BCUT2D eigenvalue weighted by molar-refractivity contribution is 0.0963. The Balaban J connectivity index is 1.53. The maximum absolute atomic E-state index is 13.9. The van der Waals surface area contributed by atoms with Crippen molar-refractivity contribution in [3.63, 3.8) is 0 Å².